The molecule has 1 rings (SSSR count). The summed E-state index contributed by atoms with van der Waals surface area (Å²) in [7, 11) is 1.83. The summed E-state index contributed by atoms with van der Waals surface area (Å²) in [6.07, 6.45) is 1.48. The van der Waals surface area contributed by atoms with Gasteiger partial charge in [0.2, 0.25) is 0 Å². The molecule has 0 atom stereocenters. The van der Waals surface area contributed by atoms with Crippen molar-refractivity contribution in [2.45, 2.75) is 0 Å². The number of rotatable bonds is 0. The Morgan fingerprint density at radius 2 is 2.40 bits per heavy atom. The van der Waals surface area contributed by atoms with Gasteiger partial charge in [-0.3, -0.25) is 0 Å². The molecule has 0 radical (unpaired) electrons. The van der Waals surface area contributed by atoms with Crippen molar-refractivity contribution in [2.75, 3.05) is 5.73 Å². The Morgan fingerprint density at radius 1 is 1.70 bits per heavy atom. The summed E-state index contributed by atoms with van der Waals surface area (Å²) < 4.78 is 0. The molecular formula is C6H6BN3. The molecule has 0 saturated heterocycles. The molecule has 0 aliphatic rings. The van der Waals surface area contributed by atoms with E-state index < -0.39 is 0 Å². The third-order valence-corrected chi connectivity index (χ3v) is 1.25. The first-order valence-corrected chi connectivity index (χ1v) is 2.86. The van der Waals surface area contributed by atoms with Crippen LogP contribution < -0.4 is 11.2 Å². The van der Waals surface area contributed by atoms with Gasteiger partial charge in [0.15, 0.2) is 0 Å². The minimum atomic E-state index is 0.455. The van der Waals surface area contributed by atoms with Crippen LogP contribution in [-0.2, 0) is 0 Å². The smallest absolute Gasteiger partial charge is 0.141 e. The summed E-state index contributed by atoms with van der Waals surface area (Å²) in [4.78, 5) is 3.77. The molecule has 0 saturated carbocycles. The molecule has 0 unspecified atom stereocenters. The van der Waals surface area contributed by atoms with Crippen LogP contribution in [0.1, 0.15) is 5.56 Å². The van der Waals surface area contributed by atoms with Crippen LogP contribution in [0.3, 0.4) is 0 Å². The van der Waals surface area contributed by atoms with E-state index in [1.54, 1.807) is 6.07 Å². The van der Waals surface area contributed by atoms with Gasteiger partial charge in [-0.05, 0) is 6.07 Å². The van der Waals surface area contributed by atoms with Crippen molar-refractivity contribution >= 4 is 19.1 Å². The third kappa shape index (κ3) is 1.08. The molecule has 0 fully saturated rings. The van der Waals surface area contributed by atoms with Crippen LogP contribution in [0.4, 0.5) is 5.82 Å². The van der Waals surface area contributed by atoms with E-state index in [-0.39, 0.29) is 0 Å². The van der Waals surface area contributed by atoms with Gasteiger partial charge in [-0.25, -0.2) is 4.98 Å². The number of hydrogen-bond donors (Lipinski definition) is 1. The predicted octanol–water partition coefficient (Wildman–Crippen LogP) is -1.21. The predicted molar refractivity (Wildman–Crippen MR) is 41.5 cm³/mol. The first kappa shape index (κ1) is 6.62. The standard InChI is InChI=1S/C6H6BN3/c7-5-1-6(9)10-3-4(5)2-8/h1,3H,7H2,(H2,9,10). The Hall–Kier alpha value is -1.50. The fourth-order valence-electron chi connectivity index (χ4n) is 0.695. The number of nitrogens with two attached hydrogens (primary N) is 1. The Labute approximate surface area is 59.9 Å². The van der Waals surface area contributed by atoms with Crippen LogP contribution in [0, 0.1) is 11.3 Å². The van der Waals surface area contributed by atoms with Gasteiger partial charge in [-0.2, -0.15) is 5.26 Å². The lowest BCUT2D eigenvalue weighted by Gasteiger charge is -1.95. The molecule has 10 heavy (non-hydrogen) atoms. The van der Waals surface area contributed by atoms with E-state index in [4.69, 9.17) is 11.0 Å². The van der Waals surface area contributed by atoms with E-state index in [1.165, 1.54) is 6.20 Å². The molecule has 0 bridgehead atoms. The number of nitrogen functional groups attached to an aromatic ring is 1. The van der Waals surface area contributed by atoms with Crippen molar-refractivity contribution in [1.29, 1.82) is 5.26 Å². The molecule has 4 heteroatoms. The van der Waals surface area contributed by atoms with Crippen molar-refractivity contribution in [3.8, 4) is 6.07 Å². The molecular weight excluding hydrogens is 125 g/mol. The zero-order chi connectivity index (χ0) is 7.56. The fourth-order valence-corrected chi connectivity index (χ4v) is 0.695. The van der Waals surface area contributed by atoms with Crippen molar-refractivity contribution in [3.63, 3.8) is 0 Å². The highest BCUT2D eigenvalue weighted by Gasteiger charge is 1.95. The van der Waals surface area contributed by atoms with E-state index >= 15 is 0 Å². The van der Waals surface area contributed by atoms with E-state index in [2.05, 4.69) is 4.98 Å². The molecule has 0 aliphatic heterocycles. The third-order valence-electron chi connectivity index (χ3n) is 1.25. The van der Waals surface area contributed by atoms with Crippen LogP contribution in [0.25, 0.3) is 0 Å². The van der Waals surface area contributed by atoms with Crippen molar-refractivity contribution in [1.82, 2.24) is 4.98 Å². The summed E-state index contributed by atoms with van der Waals surface area (Å²) in [5.41, 5.74) is 6.81. The SMILES string of the molecule is Bc1cc(N)ncc1C#N. The zero-order valence-corrected chi connectivity index (χ0v) is 5.63. The zero-order valence-electron chi connectivity index (χ0n) is 5.63. The summed E-state index contributed by atoms with van der Waals surface area (Å²) in [6.45, 7) is 0. The quantitative estimate of drug-likeness (QED) is 0.449. The lowest BCUT2D eigenvalue weighted by molar-refractivity contribution is 1.32. The molecule has 1 heterocycles. The largest absolute Gasteiger partial charge is 0.384 e. The number of pyridine rings is 1. The minimum Gasteiger partial charge on any atom is -0.384 e. The van der Waals surface area contributed by atoms with E-state index in [9.17, 15) is 0 Å². The molecule has 1 aromatic rings. The minimum absolute atomic E-state index is 0.455. The van der Waals surface area contributed by atoms with Crippen molar-refractivity contribution < 1.29 is 0 Å². The number of hydrogen-bond acceptors (Lipinski definition) is 3. The van der Waals surface area contributed by atoms with Crippen molar-refractivity contribution in [2.24, 2.45) is 0 Å². The molecule has 0 amide bonds. The lowest BCUT2D eigenvalue weighted by Crippen LogP contribution is -2.09. The molecule has 1 aromatic heterocycles. The van der Waals surface area contributed by atoms with Crippen LogP contribution in [-0.4, -0.2) is 12.8 Å². The van der Waals surface area contributed by atoms with Gasteiger partial charge in [-0.15, -0.1) is 0 Å². The highest BCUT2D eigenvalue weighted by molar-refractivity contribution is 6.34. The van der Waals surface area contributed by atoms with Crippen molar-refractivity contribution in [3.05, 3.63) is 17.8 Å². The topological polar surface area (TPSA) is 62.7 Å². The number of nitrogens with zero attached hydrogens (tertiary/aromatic N) is 2. The van der Waals surface area contributed by atoms with Gasteiger partial charge >= 0.3 is 0 Å². The van der Waals surface area contributed by atoms with Gasteiger partial charge < -0.3 is 5.73 Å². The maximum atomic E-state index is 8.48. The van der Waals surface area contributed by atoms with Crippen LogP contribution in [0.5, 0.6) is 0 Å². The van der Waals surface area contributed by atoms with Crippen LogP contribution in [0.15, 0.2) is 12.3 Å². The summed E-state index contributed by atoms with van der Waals surface area (Å²) in [5.74, 6) is 0.455. The van der Waals surface area contributed by atoms with Crippen LogP contribution >= 0.6 is 0 Å². The maximum Gasteiger partial charge on any atom is 0.141 e. The Balaban J connectivity index is 3.23. The van der Waals surface area contributed by atoms with E-state index in [1.807, 2.05) is 13.9 Å². The molecule has 48 valence electrons. The number of aromatic nitrogens is 1. The van der Waals surface area contributed by atoms with E-state index in [0.29, 0.717) is 11.4 Å². The fraction of sp³-hybridized carbons (Fsp3) is 0. The first-order chi connectivity index (χ1) is 4.74. The Bertz CT molecular complexity index is 290. The number of nitriles is 1. The molecule has 0 aliphatic carbocycles. The lowest BCUT2D eigenvalue weighted by atomic mass is 9.93. The normalized spacial score (nSPS) is 8.70. The molecule has 0 aromatic carbocycles. The van der Waals surface area contributed by atoms with Gasteiger partial charge in [0, 0.05) is 6.20 Å². The second-order valence-electron chi connectivity index (χ2n) is 2.04. The van der Waals surface area contributed by atoms with E-state index in [0.717, 1.165) is 5.46 Å². The highest BCUT2D eigenvalue weighted by atomic mass is 14.8. The van der Waals surface area contributed by atoms with Gasteiger partial charge in [0.25, 0.3) is 0 Å². The second-order valence-corrected chi connectivity index (χ2v) is 2.04. The maximum absolute atomic E-state index is 8.48. The Morgan fingerprint density at radius 3 is 2.90 bits per heavy atom. The molecule has 2 N–H and O–H groups in total. The Kier molecular flexibility index (Phi) is 1.59. The van der Waals surface area contributed by atoms with Gasteiger partial charge in [0.05, 0.1) is 5.56 Å². The van der Waals surface area contributed by atoms with Crippen LogP contribution in [0.2, 0.25) is 0 Å². The van der Waals surface area contributed by atoms with Gasteiger partial charge in [-0.1, -0.05) is 5.46 Å². The highest BCUT2D eigenvalue weighted by Crippen LogP contribution is 1.94. The molecule has 0 spiro atoms. The summed E-state index contributed by atoms with van der Waals surface area (Å²) in [5, 5.41) is 8.48. The number of anilines is 1. The van der Waals surface area contributed by atoms with Gasteiger partial charge in [0.1, 0.15) is 19.7 Å². The first-order valence-electron chi connectivity index (χ1n) is 2.86. The second kappa shape index (κ2) is 2.40. The molecule has 3 nitrogen and oxygen atoms in total. The summed E-state index contributed by atoms with van der Waals surface area (Å²) in [6, 6.07) is 3.68. The average Bonchev–Trinajstić information content (AvgIpc) is 1.88. The summed E-state index contributed by atoms with van der Waals surface area (Å²) >= 11 is 0. The monoisotopic (exact) mass is 131 g/mol. The average molecular weight is 131 g/mol.